The van der Waals surface area contributed by atoms with E-state index in [9.17, 15) is 4.79 Å². The Morgan fingerprint density at radius 3 is 2.50 bits per heavy atom. The number of rotatable bonds is 9. The molecule has 122 valence electrons. The van der Waals surface area contributed by atoms with E-state index >= 15 is 0 Å². The minimum Gasteiger partial charge on any atom is -0.493 e. The van der Waals surface area contributed by atoms with Crippen LogP contribution in [-0.2, 0) is 10.2 Å². The van der Waals surface area contributed by atoms with Gasteiger partial charge in [0.2, 0.25) is 5.91 Å². The van der Waals surface area contributed by atoms with Gasteiger partial charge in [-0.25, -0.2) is 0 Å². The minimum absolute atomic E-state index is 0.0868. The van der Waals surface area contributed by atoms with Crippen molar-refractivity contribution in [1.82, 2.24) is 5.32 Å². The van der Waals surface area contributed by atoms with Crippen LogP contribution in [0.15, 0.2) is 18.2 Å². The Balaban J connectivity index is 1.99. The van der Waals surface area contributed by atoms with E-state index in [-0.39, 0.29) is 12.5 Å². The Hall–Kier alpha value is -1.75. The van der Waals surface area contributed by atoms with Crippen LogP contribution in [0.5, 0.6) is 11.5 Å². The number of hydrogen-bond acceptors (Lipinski definition) is 4. The van der Waals surface area contributed by atoms with Gasteiger partial charge in [0.15, 0.2) is 11.5 Å². The van der Waals surface area contributed by atoms with Crippen LogP contribution in [0, 0.1) is 0 Å². The fraction of sp³-hybridized carbons (Fsp3) is 0.588. The third-order valence-corrected chi connectivity index (χ3v) is 4.24. The summed E-state index contributed by atoms with van der Waals surface area (Å²) in [6, 6.07) is 5.69. The highest BCUT2D eigenvalue weighted by molar-refractivity contribution is 5.91. The third-order valence-electron chi connectivity index (χ3n) is 4.24. The van der Waals surface area contributed by atoms with Crippen molar-refractivity contribution in [3.63, 3.8) is 0 Å². The lowest BCUT2D eigenvalue weighted by Crippen LogP contribution is -2.35. The summed E-state index contributed by atoms with van der Waals surface area (Å²) in [6.07, 6.45) is 4.35. The van der Waals surface area contributed by atoms with Gasteiger partial charge in [-0.1, -0.05) is 6.07 Å². The Morgan fingerprint density at radius 1 is 1.18 bits per heavy atom. The summed E-state index contributed by atoms with van der Waals surface area (Å²) < 4.78 is 10.6. The van der Waals surface area contributed by atoms with Crippen molar-refractivity contribution in [2.45, 2.75) is 37.5 Å². The van der Waals surface area contributed by atoms with Gasteiger partial charge in [-0.05, 0) is 49.8 Å². The zero-order chi connectivity index (χ0) is 16.0. The Kier molecular flexibility index (Phi) is 5.66. The molecule has 0 spiro atoms. The molecule has 2 N–H and O–H groups in total. The molecule has 0 saturated heterocycles. The van der Waals surface area contributed by atoms with Crippen molar-refractivity contribution < 1.29 is 19.4 Å². The molecule has 5 nitrogen and oxygen atoms in total. The summed E-state index contributed by atoms with van der Waals surface area (Å²) in [6.45, 7) is 0.872. The summed E-state index contributed by atoms with van der Waals surface area (Å²) >= 11 is 0. The van der Waals surface area contributed by atoms with Crippen LogP contribution in [0.1, 0.15) is 37.7 Å². The molecule has 5 heteroatoms. The second kappa shape index (κ2) is 7.49. The number of aliphatic hydroxyl groups is 1. The van der Waals surface area contributed by atoms with Gasteiger partial charge in [0.05, 0.1) is 19.6 Å². The second-order valence-electron chi connectivity index (χ2n) is 5.69. The van der Waals surface area contributed by atoms with E-state index in [1.54, 1.807) is 14.2 Å². The largest absolute Gasteiger partial charge is 0.493 e. The lowest BCUT2D eigenvalue weighted by molar-refractivity contribution is -0.123. The molecule has 0 unspecified atom stereocenters. The Bertz CT molecular complexity index is 511. The van der Waals surface area contributed by atoms with Crippen LogP contribution in [0.2, 0.25) is 0 Å². The summed E-state index contributed by atoms with van der Waals surface area (Å²) in [5.74, 6) is 1.41. The molecule has 0 atom stereocenters. The number of ether oxygens (including phenoxy) is 2. The van der Waals surface area contributed by atoms with E-state index in [0.29, 0.717) is 18.0 Å². The molecule has 1 aliphatic carbocycles. The summed E-state index contributed by atoms with van der Waals surface area (Å²) in [5, 5.41) is 11.8. The molecule has 1 amide bonds. The van der Waals surface area contributed by atoms with Crippen LogP contribution in [0.3, 0.4) is 0 Å². The molecule has 1 aliphatic rings. The number of methoxy groups -OCH3 is 2. The SMILES string of the molecule is COc1ccc(C2(C(=O)NCCCCCO)CC2)cc1OC. The van der Waals surface area contributed by atoms with Gasteiger partial charge in [0.25, 0.3) is 0 Å². The lowest BCUT2D eigenvalue weighted by atomic mass is 9.94. The molecule has 0 heterocycles. The van der Waals surface area contributed by atoms with Gasteiger partial charge < -0.3 is 19.9 Å². The number of nitrogens with one attached hydrogen (secondary N) is 1. The van der Waals surface area contributed by atoms with Gasteiger partial charge >= 0.3 is 0 Å². The zero-order valence-electron chi connectivity index (χ0n) is 13.4. The van der Waals surface area contributed by atoms with Crippen molar-refractivity contribution in [3.05, 3.63) is 23.8 Å². The average Bonchev–Trinajstić information content (AvgIpc) is 3.35. The summed E-state index contributed by atoms with van der Waals surface area (Å²) in [4.78, 5) is 12.5. The Labute approximate surface area is 131 Å². The highest BCUT2D eigenvalue weighted by Crippen LogP contribution is 2.50. The summed E-state index contributed by atoms with van der Waals surface area (Å²) in [7, 11) is 3.20. The highest BCUT2D eigenvalue weighted by Gasteiger charge is 2.51. The topological polar surface area (TPSA) is 67.8 Å². The predicted octanol–water partition coefficient (Wildman–Crippen LogP) is 2.01. The van der Waals surface area contributed by atoms with Crippen LogP contribution in [-0.4, -0.2) is 38.4 Å². The molecule has 1 saturated carbocycles. The number of aliphatic hydroxyl groups excluding tert-OH is 1. The zero-order valence-corrected chi connectivity index (χ0v) is 13.4. The molecule has 0 radical (unpaired) electrons. The second-order valence-corrected chi connectivity index (χ2v) is 5.69. The smallest absolute Gasteiger partial charge is 0.230 e. The van der Waals surface area contributed by atoms with Gasteiger partial charge in [-0.15, -0.1) is 0 Å². The van der Waals surface area contributed by atoms with Crippen molar-refractivity contribution in [2.24, 2.45) is 0 Å². The van der Waals surface area contributed by atoms with Crippen molar-refractivity contribution in [3.8, 4) is 11.5 Å². The molecule has 1 fully saturated rings. The summed E-state index contributed by atoms with van der Waals surface area (Å²) in [5.41, 5.74) is 0.578. The van der Waals surface area contributed by atoms with Gasteiger partial charge in [0, 0.05) is 13.2 Å². The number of carbonyl (C=O) groups is 1. The van der Waals surface area contributed by atoms with E-state index in [1.165, 1.54) is 0 Å². The highest BCUT2D eigenvalue weighted by atomic mass is 16.5. The first-order valence-electron chi connectivity index (χ1n) is 7.79. The first kappa shape index (κ1) is 16.6. The fourth-order valence-corrected chi connectivity index (χ4v) is 2.69. The van der Waals surface area contributed by atoms with Crippen LogP contribution < -0.4 is 14.8 Å². The molecule has 0 aromatic heterocycles. The lowest BCUT2D eigenvalue weighted by Gasteiger charge is -2.17. The van der Waals surface area contributed by atoms with Crippen LogP contribution in [0.25, 0.3) is 0 Å². The van der Waals surface area contributed by atoms with Crippen LogP contribution >= 0.6 is 0 Å². The minimum atomic E-state index is -0.406. The molecule has 0 aliphatic heterocycles. The maximum atomic E-state index is 12.5. The quantitative estimate of drug-likeness (QED) is 0.685. The van der Waals surface area contributed by atoms with Gasteiger partial charge in [-0.2, -0.15) is 0 Å². The maximum Gasteiger partial charge on any atom is 0.230 e. The van der Waals surface area contributed by atoms with Crippen molar-refractivity contribution in [1.29, 1.82) is 0 Å². The monoisotopic (exact) mass is 307 g/mol. The van der Waals surface area contributed by atoms with Crippen molar-refractivity contribution >= 4 is 5.91 Å². The number of benzene rings is 1. The average molecular weight is 307 g/mol. The standard InChI is InChI=1S/C17H25NO4/c1-21-14-7-6-13(12-15(14)22-2)17(8-9-17)16(20)18-10-4-3-5-11-19/h6-7,12,19H,3-5,8-11H2,1-2H3,(H,18,20). The molecule has 1 aromatic carbocycles. The number of carbonyl (C=O) groups excluding carboxylic acids is 1. The molecule has 2 rings (SSSR count). The van der Waals surface area contributed by atoms with E-state index in [0.717, 1.165) is 37.7 Å². The number of amides is 1. The normalized spacial score (nSPS) is 15.2. The molecular weight excluding hydrogens is 282 g/mol. The number of unbranched alkanes of at least 4 members (excludes halogenated alkanes) is 2. The fourth-order valence-electron chi connectivity index (χ4n) is 2.69. The third kappa shape index (κ3) is 3.53. The van der Waals surface area contributed by atoms with Crippen LogP contribution in [0.4, 0.5) is 0 Å². The molecule has 1 aromatic rings. The van der Waals surface area contributed by atoms with Gasteiger partial charge in [0.1, 0.15) is 0 Å². The van der Waals surface area contributed by atoms with Gasteiger partial charge in [-0.3, -0.25) is 4.79 Å². The van der Waals surface area contributed by atoms with E-state index in [4.69, 9.17) is 14.6 Å². The van der Waals surface area contributed by atoms with E-state index < -0.39 is 5.41 Å². The number of hydrogen-bond donors (Lipinski definition) is 2. The first-order valence-corrected chi connectivity index (χ1v) is 7.79. The Morgan fingerprint density at radius 2 is 1.91 bits per heavy atom. The maximum absolute atomic E-state index is 12.5. The van der Waals surface area contributed by atoms with E-state index in [1.807, 2.05) is 18.2 Å². The first-order chi connectivity index (χ1) is 10.7. The van der Waals surface area contributed by atoms with Crippen molar-refractivity contribution in [2.75, 3.05) is 27.4 Å². The van der Waals surface area contributed by atoms with E-state index in [2.05, 4.69) is 5.32 Å². The molecule has 22 heavy (non-hydrogen) atoms. The molecular formula is C17H25NO4. The predicted molar refractivity (Wildman–Crippen MR) is 84.4 cm³/mol. The molecule has 0 bridgehead atoms.